The van der Waals surface area contributed by atoms with Gasteiger partial charge in [0.1, 0.15) is 6.61 Å². The highest BCUT2D eigenvalue weighted by Crippen LogP contribution is 2.32. The van der Waals surface area contributed by atoms with E-state index in [1.54, 1.807) is 0 Å². The van der Waals surface area contributed by atoms with Crippen molar-refractivity contribution in [2.24, 2.45) is 0 Å². The van der Waals surface area contributed by atoms with Gasteiger partial charge in [0, 0.05) is 56.9 Å². The minimum Gasteiger partial charge on any atom is -0.375 e. The van der Waals surface area contributed by atoms with Gasteiger partial charge in [0.2, 0.25) is 5.91 Å². The fourth-order valence-electron chi connectivity index (χ4n) is 4.69. The zero-order valence-corrected chi connectivity index (χ0v) is 18.2. The second-order valence-electron chi connectivity index (χ2n) is 8.35. The Hall–Kier alpha value is -2.93. The van der Waals surface area contributed by atoms with Crippen LogP contribution < -0.4 is 10.2 Å². The molecule has 1 saturated heterocycles. The molecule has 164 valence electrons. The zero-order chi connectivity index (χ0) is 21.8. The van der Waals surface area contributed by atoms with Crippen molar-refractivity contribution >= 4 is 17.5 Å². The van der Waals surface area contributed by atoms with E-state index >= 15 is 0 Å². The smallest absolute Gasteiger partial charge is 0.253 e. The van der Waals surface area contributed by atoms with Gasteiger partial charge in [0.05, 0.1) is 6.04 Å². The number of hydrogen-bond donors (Lipinski definition) is 1. The third-order valence-corrected chi connectivity index (χ3v) is 6.44. The van der Waals surface area contributed by atoms with Gasteiger partial charge in [-0.25, -0.2) is 0 Å². The van der Waals surface area contributed by atoms with E-state index in [2.05, 4.69) is 15.2 Å². The van der Waals surface area contributed by atoms with Crippen LogP contribution >= 0.6 is 0 Å². The Labute approximate surface area is 183 Å². The number of benzene rings is 1. The molecule has 0 saturated carbocycles. The summed E-state index contributed by atoms with van der Waals surface area (Å²) in [6.45, 7) is 1.89. The maximum absolute atomic E-state index is 13.2. The minimum absolute atomic E-state index is 0.0408. The van der Waals surface area contributed by atoms with Crippen molar-refractivity contribution in [2.75, 3.05) is 38.8 Å². The molecule has 1 atom stereocenters. The summed E-state index contributed by atoms with van der Waals surface area (Å²) >= 11 is 0. The highest BCUT2D eigenvalue weighted by atomic mass is 16.5. The van der Waals surface area contributed by atoms with E-state index in [1.807, 2.05) is 54.7 Å². The van der Waals surface area contributed by atoms with Gasteiger partial charge in [-0.15, -0.1) is 0 Å². The van der Waals surface area contributed by atoms with Crippen molar-refractivity contribution in [1.82, 2.24) is 15.2 Å². The number of nitrogens with one attached hydrogen (secondary N) is 1. The van der Waals surface area contributed by atoms with Crippen LogP contribution in [0.25, 0.3) is 0 Å². The molecule has 31 heavy (non-hydrogen) atoms. The first-order valence-corrected chi connectivity index (χ1v) is 10.9. The molecule has 2 amide bonds. The minimum atomic E-state index is -0.129. The van der Waals surface area contributed by atoms with Crippen molar-refractivity contribution in [3.63, 3.8) is 0 Å². The predicted molar refractivity (Wildman–Crippen MR) is 119 cm³/mol. The SMILES string of the molecule is COCC(=O)NC1CCc2ccc(C(=O)N(C)C3CCN(c4ccncc4)CC3)cc21. The molecule has 1 aliphatic carbocycles. The molecular weight excluding hydrogens is 392 g/mol. The Bertz CT molecular complexity index is 926. The van der Waals surface area contributed by atoms with Gasteiger partial charge in [0.15, 0.2) is 0 Å². The van der Waals surface area contributed by atoms with Crippen LogP contribution in [-0.2, 0) is 16.0 Å². The molecular formula is C24H30N4O3. The maximum Gasteiger partial charge on any atom is 0.253 e. The zero-order valence-electron chi connectivity index (χ0n) is 18.2. The van der Waals surface area contributed by atoms with Gasteiger partial charge in [0.25, 0.3) is 5.91 Å². The Morgan fingerprint density at radius 2 is 1.90 bits per heavy atom. The number of hydrogen-bond acceptors (Lipinski definition) is 5. The highest BCUT2D eigenvalue weighted by molar-refractivity contribution is 5.94. The van der Waals surface area contributed by atoms with Crippen molar-refractivity contribution in [2.45, 2.75) is 37.8 Å². The summed E-state index contributed by atoms with van der Waals surface area (Å²) in [5, 5.41) is 3.02. The molecule has 0 radical (unpaired) electrons. The fourth-order valence-corrected chi connectivity index (χ4v) is 4.69. The quantitative estimate of drug-likeness (QED) is 0.775. The van der Waals surface area contributed by atoms with E-state index in [0.717, 1.165) is 44.3 Å². The number of carbonyl (C=O) groups excluding carboxylic acids is 2. The average Bonchev–Trinajstić information content (AvgIpc) is 3.20. The molecule has 0 bridgehead atoms. The van der Waals surface area contributed by atoms with Gasteiger partial charge < -0.3 is 19.9 Å². The topological polar surface area (TPSA) is 74.8 Å². The number of fused-ring (bicyclic) bond motifs is 1. The third-order valence-electron chi connectivity index (χ3n) is 6.44. The van der Waals surface area contributed by atoms with Gasteiger partial charge in [-0.2, -0.15) is 0 Å². The monoisotopic (exact) mass is 422 g/mol. The first kappa shape index (κ1) is 21.3. The maximum atomic E-state index is 13.2. The summed E-state index contributed by atoms with van der Waals surface area (Å²) in [4.78, 5) is 33.5. The normalized spacial score (nSPS) is 18.5. The first-order chi connectivity index (χ1) is 15.1. The predicted octanol–water partition coefficient (Wildman–Crippen LogP) is 2.57. The lowest BCUT2D eigenvalue weighted by Crippen LogP contribution is -2.45. The summed E-state index contributed by atoms with van der Waals surface area (Å²) in [6, 6.07) is 10.1. The van der Waals surface area contributed by atoms with Crippen LogP contribution in [0.1, 0.15) is 46.8 Å². The van der Waals surface area contributed by atoms with Gasteiger partial charge >= 0.3 is 0 Å². The molecule has 1 N–H and O–H groups in total. The van der Waals surface area contributed by atoms with Gasteiger partial charge in [-0.1, -0.05) is 6.07 Å². The molecule has 1 aliphatic heterocycles. The van der Waals surface area contributed by atoms with Crippen LogP contribution in [0.2, 0.25) is 0 Å². The third kappa shape index (κ3) is 4.71. The Morgan fingerprint density at radius 1 is 1.16 bits per heavy atom. The van der Waals surface area contributed by atoms with Crippen molar-refractivity contribution in [3.05, 3.63) is 59.4 Å². The van der Waals surface area contributed by atoms with E-state index in [1.165, 1.54) is 18.4 Å². The number of methoxy groups -OCH3 is 1. The van der Waals surface area contributed by atoms with Crippen LogP contribution in [0, 0.1) is 0 Å². The fraction of sp³-hybridized carbons (Fsp3) is 0.458. The molecule has 1 fully saturated rings. The second kappa shape index (κ2) is 9.47. The number of nitrogens with zero attached hydrogens (tertiary/aromatic N) is 3. The largest absolute Gasteiger partial charge is 0.375 e. The van der Waals surface area contributed by atoms with E-state index in [9.17, 15) is 9.59 Å². The van der Waals surface area contributed by atoms with Crippen LogP contribution in [0.15, 0.2) is 42.7 Å². The van der Waals surface area contributed by atoms with Crippen LogP contribution in [-0.4, -0.2) is 61.6 Å². The molecule has 7 nitrogen and oxygen atoms in total. The number of aryl methyl sites for hydroxylation is 1. The van der Waals surface area contributed by atoms with Crippen molar-refractivity contribution < 1.29 is 14.3 Å². The molecule has 2 aliphatic rings. The molecule has 2 heterocycles. The standard InChI is InChI=1S/C24H30N4O3/c1-27(19-9-13-28(14-10-19)20-7-11-25-12-8-20)24(30)18-4-3-17-5-6-22(21(17)15-18)26-23(29)16-31-2/h3-4,7-8,11-12,15,19,22H,5-6,9-10,13-14,16H2,1-2H3,(H,26,29). The van der Waals surface area contributed by atoms with Gasteiger partial charge in [-0.3, -0.25) is 14.6 Å². The molecule has 0 spiro atoms. The Balaban J connectivity index is 1.40. The lowest BCUT2D eigenvalue weighted by Gasteiger charge is -2.38. The Kier molecular flexibility index (Phi) is 6.51. The molecule has 1 aromatic heterocycles. The van der Waals surface area contributed by atoms with Gasteiger partial charge in [-0.05, 0) is 61.1 Å². The summed E-state index contributed by atoms with van der Waals surface area (Å²) < 4.78 is 4.92. The first-order valence-electron chi connectivity index (χ1n) is 10.9. The number of pyridine rings is 1. The number of aromatic nitrogens is 1. The Morgan fingerprint density at radius 3 is 2.61 bits per heavy atom. The van der Waals surface area contributed by atoms with Crippen molar-refractivity contribution in [1.29, 1.82) is 0 Å². The second-order valence-corrected chi connectivity index (χ2v) is 8.35. The average molecular weight is 423 g/mol. The highest BCUT2D eigenvalue weighted by Gasteiger charge is 2.29. The van der Waals surface area contributed by atoms with Crippen LogP contribution in [0.5, 0.6) is 0 Å². The van der Waals surface area contributed by atoms with E-state index < -0.39 is 0 Å². The molecule has 7 heteroatoms. The number of piperidine rings is 1. The van der Waals surface area contributed by atoms with E-state index in [-0.39, 0.29) is 30.5 Å². The van der Waals surface area contributed by atoms with Crippen LogP contribution in [0.4, 0.5) is 5.69 Å². The summed E-state index contributed by atoms with van der Waals surface area (Å²) in [6.07, 6.45) is 7.26. The summed E-state index contributed by atoms with van der Waals surface area (Å²) in [7, 11) is 3.41. The molecule has 2 aromatic rings. The number of carbonyl (C=O) groups is 2. The summed E-state index contributed by atoms with van der Waals surface area (Å²) in [5.41, 5.74) is 4.12. The lowest BCUT2D eigenvalue weighted by atomic mass is 10.00. The number of anilines is 1. The van der Waals surface area contributed by atoms with Crippen molar-refractivity contribution in [3.8, 4) is 0 Å². The number of rotatable bonds is 6. The molecule has 1 aromatic carbocycles. The molecule has 4 rings (SSSR count). The number of ether oxygens (including phenoxy) is 1. The van der Waals surface area contributed by atoms with E-state index in [4.69, 9.17) is 4.74 Å². The van der Waals surface area contributed by atoms with E-state index in [0.29, 0.717) is 5.56 Å². The number of amides is 2. The van der Waals surface area contributed by atoms with Crippen LogP contribution in [0.3, 0.4) is 0 Å². The molecule has 1 unspecified atom stereocenters. The lowest BCUT2D eigenvalue weighted by molar-refractivity contribution is -0.125. The summed E-state index contributed by atoms with van der Waals surface area (Å²) in [5.74, 6) is -0.0887.